The molecule has 0 aliphatic carbocycles. The first-order chi connectivity index (χ1) is 11.9. The quantitative estimate of drug-likeness (QED) is 0.695. The SMILES string of the molecule is C[C@H](CO)NC[C@H](O)c1cc(C(F)(F)F)nc2c(C(F)(F)F)cccc12. The number of para-hydroxylation sites is 1. The van der Waals surface area contributed by atoms with E-state index in [1.807, 2.05) is 0 Å². The van der Waals surface area contributed by atoms with Gasteiger partial charge in [0.15, 0.2) is 0 Å². The lowest BCUT2D eigenvalue weighted by Crippen LogP contribution is -2.33. The molecule has 0 amide bonds. The van der Waals surface area contributed by atoms with Crippen molar-refractivity contribution < 1.29 is 36.6 Å². The van der Waals surface area contributed by atoms with Crippen LogP contribution in [-0.4, -0.2) is 34.4 Å². The second kappa shape index (κ2) is 7.37. The van der Waals surface area contributed by atoms with Gasteiger partial charge in [0.2, 0.25) is 0 Å². The Bertz CT molecular complexity index is 776. The Balaban J connectivity index is 2.64. The predicted molar refractivity (Wildman–Crippen MR) is 81.3 cm³/mol. The molecule has 144 valence electrons. The maximum Gasteiger partial charge on any atom is 0.433 e. The molecular weight excluding hydrogens is 366 g/mol. The summed E-state index contributed by atoms with van der Waals surface area (Å²) in [7, 11) is 0. The van der Waals surface area contributed by atoms with E-state index in [0.29, 0.717) is 12.1 Å². The highest BCUT2D eigenvalue weighted by atomic mass is 19.4. The summed E-state index contributed by atoms with van der Waals surface area (Å²) in [4.78, 5) is 3.15. The molecule has 4 nitrogen and oxygen atoms in total. The summed E-state index contributed by atoms with van der Waals surface area (Å²) in [5.74, 6) is 0. The minimum atomic E-state index is -4.98. The van der Waals surface area contributed by atoms with E-state index in [9.17, 15) is 31.4 Å². The third kappa shape index (κ3) is 4.43. The number of hydrogen-bond acceptors (Lipinski definition) is 4. The molecule has 2 atom stereocenters. The molecule has 3 N–H and O–H groups in total. The van der Waals surface area contributed by atoms with Crippen molar-refractivity contribution in [2.75, 3.05) is 13.2 Å². The average Bonchev–Trinajstić information content (AvgIpc) is 2.55. The van der Waals surface area contributed by atoms with Crippen LogP contribution in [0.1, 0.15) is 29.8 Å². The normalized spacial score (nSPS) is 15.3. The van der Waals surface area contributed by atoms with E-state index in [4.69, 9.17) is 5.11 Å². The molecule has 0 saturated carbocycles. The summed E-state index contributed by atoms with van der Waals surface area (Å²) in [5, 5.41) is 21.6. The molecule has 0 aliphatic heterocycles. The first kappa shape index (κ1) is 20.4. The number of nitrogens with zero attached hydrogens (tertiary/aromatic N) is 1. The number of benzene rings is 1. The van der Waals surface area contributed by atoms with Crippen molar-refractivity contribution in [3.8, 4) is 0 Å². The molecule has 2 rings (SSSR count). The Morgan fingerprint density at radius 3 is 2.31 bits per heavy atom. The number of nitrogens with one attached hydrogen (secondary N) is 1. The average molecular weight is 382 g/mol. The molecule has 0 spiro atoms. The van der Waals surface area contributed by atoms with Crippen LogP contribution in [0.5, 0.6) is 0 Å². The zero-order valence-electron chi connectivity index (χ0n) is 13.5. The van der Waals surface area contributed by atoms with Gasteiger partial charge >= 0.3 is 12.4 Å². The molecule has 0 bridgehead atoms. The number of aliphatic hydroxyl groups is 2. The van der Waals surface area contributed by atoms with Crippen molar-refractivity contribution in [1.82, 2.24) is 10.3 Å². The second-order valence-electron chi connectivity index (χ2n) is 5.80. The van der Waals surface area contributed by atoms with Crippen molar-refractivity contribution in [3.63, 3.8) is 0 Å². The van der Waals surface area contributed by atoms with Gasteiger partial charge in [-0.2, -0.15) is 26.3 Å². The van der Waals surface area contributed by atoms with Crippen molar-refractivity contribution in [2.24, 2.45) is 0 Å². The minimum Gasteiger partial charge on any atom is -0.395 e. The Morgan fingerprint density at radius 2 is 1.77 bits per heavy atom. The molecular formula is C16H16F6N2O2. The van der Waals surface area contributed by atoms with Gasteiger partial charge in [0.05, 0.1) is 23.8 Å². The lowest BCUT2D eigenvalue weighted by molar-refractivity contribution is -0.142. The van der Waals surface area contributed by atoms with E-state index in [1.165, 1.54) is 6.07 Å². The van der Waals surface area contributed by atoms with E-state index < -0.39 is 41.3 Å². The van der Waals surface area contributed by atoms with Gasteiger partial charge in [-0.15, -0.1) is 0 Å². The summed E-state index contributed by atoms with van der Waals surface area (Å²) >= 11 is 0. The Kier molecular flexibility index (Phi) is 5.79. The van der Waals surface area contributed by atoms with E-state index in [1.54, 1.807) is 6.92 Å². The Morgan fingerprint density at radius 1 is 1.12 bits per heavy atom. The van der Waals surface area contributed by atoms with Crippen LogP contribution in [0, 0.1) is 0 Å². The first-order valence-electron chi connectivity index (χ1n) is 7.55. The third-order valence-electron chi connectivity index (χ3n) is 3.76. The number of halogens is 6. The number of alkyl halides is 6. The fourth-order valence-electron chi connectivity index (χ4n) is 2.41. The van der Waals surface area contributed by atoms with Gasteiger partial charge in [-0.1, -0.05) is 12.1 Å². The van der Waals surface area contributed by atoms with Crippen LogP contribution in [0.2, 0.25) is 0 Å². The van der Waals surface area contributed by atoms with Gasteiger partial charge in [0.1, 0.15) is 5.69 Å². The molecule has 0 unspecified atom stereocenters. The highest BCUT2D eigenvalue weighted by molar-refractivity contribution is 5.86. The largest absolute Gasteiger partial charge is 0.433 e. The van der Waals surface area contributed by atoms with Gasteiger partial charge in [-0.3, -0.25) is 0 Å². The number of pyridine rings is 1. The molecule has 1 aromatic heterocycles. The third-order valence-corrected chi connectivity index (χ3v) is 3.76. The van der Waals surface area contributed by atoms with Crippen LogP contribution in [-0.2, 0) is 12.4 Å². The molecule has 0 fully saturated rings. The molecule has 1 aromatic carbocycles. The summed E-state index contributed by atoms with van der Waals surface area (Å²) in [5.41, 5.74) is -4.04. The first-order valence-corrected chi connectivity index (χ1v) is 7.55. The smallest absolute Gasteiger partial charge is 0.395 e. The molecule has 26 heavy (non-hydrogen) atoms. The molecule has 0 aliphatic rings. The number of aliphatic hydroxyl groups excluding tert-OH is 2. The minimum absolute atomic E-state index is 0.223. The molecule has 0 saturated heterocycles. The molecule has 1 heterocycles. The molecule has 10 heteroatoms. The maximum atomic E-state index is 13.2. The van der Waals surface area contributed by atoms with Crippen LogP contribution in [0.25, 0.3) is 10.9 Å². The molecule has 0 radical (unpaired) electrons. The van der Waals surface area contributed by atoms with Crippen LogP contribution < -0.4 is 5.32 Å². The van der Waals surface area contributed by atoms with Gasteiger partial charge in [0.25, 0.3) is 0 Å². The Labute approximate surface area is 144 Å². The number of hydrogen-bond donors (Lipinski definition) is 3. The molecule has 2 aromatic rings. The summed E-state index contributed by atoms with van der Waals surface area (Å²) in [6.07, 6.45) is -11.4. The van der Waals surface area contributed by atoms with Gasteiger partial charge < -0.3 is 15.5 Å². The van der Waals surface area contributed by atoms with Crippen LogP contribution >= 0.6 is 0 Å². The van der Waals surface area contributed by atoms with Crippen molar-refractivity contribution in [3.05, 3.63) is 41.1 Å². The summed E-state index contributed by atoms with van der Waals surface area (Å²) < 4.78 is 78.7. The van der Waals surface area contributed by atoms with E-state index in [-0.39, 0.29) is 24.1 Å². The predicted octanol–water partition coefficient (Wildman–Crippen LogP) is 3.28. The topological polar surface area (TPSA) is 65.4 Å². The highest BCUT2D eigenvalue weighted by Gasteiger charge is 2.37. The lowest BCUT2D eigenvalue weighted by atomic mass is 9.99. The zero-order chi connectivity index (χ0) is 19.7. The summed E-state index contributed by atoms with van der Waals surface area (Å²) in [6, 6.07) is 2.94. The summed E-state index contributed by atoms with van der Waals surface area (Å²) in [6.45, 7) is 1.03. The fourth-order valence-corrected chi connectivity index (χ4v) is 2.41. The van der Waals surface area contributed by atoms with E-state index in [0.717, 1.165) is 6.07 Å². The van der Waals surface area contributed by atoms with Crippen LogP contribution in [0.15, 0.2) is 24.3 Å². The van der Waals surface area contributed by atoms with Crippen molar-refractivity contribution in [2.45, 2.75) is 31.4 Å². The van der Waals surface area contributed by atoms with E-state index in [2.05, 4.69) is 10.3 Å². The van der Waals surface area contributed by atoms with Gasteiger partial charge in [0, 0.05) is 18.0 Å². The zero-order valence-corrected chi connectivity index (χ0v) is 13.5. The van der Waals surface area contributed by atoms with Crippen molar-refractivity contribution in [1.29, 1.82) is 0 Å². The lowest BCUT2D eigenvalue weighted by Gasteiger charge is -2.20. The highest BCUT2D eigenvalue weighted by Crippen LogP contribution is 2.38. The number of fused-ring (bicyclic) bond motifs is 1. The van der Waals surface area contributed by atoms with Crippen LogP contribution in [0.4, 0.5) is 26.3 Å². The van der Waals surface area contributed by atoms with Crippen LogP contribution in [0.3, 0.4) is 0 Å². The van der Waals surface area contributed by atoms with Crippen molar-refractivity contribution >= 4 is 10.9 Å². The maximum absolute atomic E-state index is 13.2. The second-order valence-corrected chi connectivity index (χ2v) is 5.80. The van der Waals surface area contributed by atoms with E-state index >= 15 is 0 Å². The number of rotatable bonds is 5. The standard InChI is InChI=1S/C16H16F6N2O2/c1-8(7-25)23-6-12(26)10-5-13(16(20,21)22)24-14-9(10)3-2-4-11(14)15(17,18)19/h2-5,8,12,23,25-26H,6-7H2,1H3/t8-,12+/m1/s1. The number of aromatic nitrogens is 1. The monoisotopic (exact) mass is 382 g/mol. The Hall–Kier alpha value is -1.91. The fraction of sp³-hybridized carbons (Fsp3) is 0.438. The van der Waals surface area contributed by atoms with Gasteiger partial charge in [-0.25, -0.2) is 4.98 Å². The van der Waals surface area contributed by atoms with Gasteiger partial charge in [-0.05, 0) is 24.6 Å².